The van der Waals surface area contributed by atoms with Crippen molar-refractivity contribution in [1.29, 1.82) is 0 Å². The van der Waals surface area contributed by atoms with Crippen LogP contribution >= 0.6 is 0 Å². The quantitative estimate of drug-likeness (QED) is 0.221. The Kier molecular flexibility index (Phi) is 17.9. The van der Waals surface area contributed by atoms with Gasteiger partial charge in [0.15, 0.2) is 0 Å². The van der Waals surface area contributed by atoms with Crippen LogP contribution in [0.1, 0.15) is 118 Å². The van der Waals surface area contributed by atoms with Crippen LogP contribution in [0.15, 0.2) is 18.2 Å². The summed E-state index contributed by atoms with van der Waals surface area (Å²) >= 11 is 0. The molecule has 1 aromatic carbocycles. The SMILES string of the molecule is C.CC(C)C(=O)C1CCN(C)CC1.CC(C)Cc1nnn(C)c1CC(C)C.Cc1ccc2nc(CC(C)C)c(CC(C)C)nc2c1. The maximum absolute atomic E-state index is 11.6. The van der Waals surface area contributed by atoms with Crippen LogP contribution in [0.4, 0.5) is 0 Å². The third-order valence-electron chi connectivity index (χ3n) is 8.09. The fourth-order valence-corrected chi connectivity index (χ4v) is 5.70. The number of likely N-dealkylation sites (tertiary alicyclic amines) is 1. The summed E-state index contributed by atoms with van der Waals surface area (Å²) in [6.07, 6.45) is 6.26. The lowest BCUT2D eigenvalue weighted by Gasteiger charge is -2.28. The van der Waals surface area contributed by atoms with Crippen molar-refractivity contribution in [2.24, 2.45) is 42.6 Å². The van der Waals surface area contributed by atoms with Gasteiger partial charge in [0.25, 0.3) is 0 Å². The van der Waals surface area contributed by atoms with Crippen molar-refractivity contribution in [2.75, 3.05) is 20.1 Å². The van der Waals surface area contributed by atoms with Gasteiger partial charge >= 0.3 is 0 Å². The molecule has 3 heterocycles. The molecule has 7 heteroatoms. The van der Waals surface area contributed by atoms with Crippen molar-refractivity contribution in [3.8, 4) is 0 Å². The monoisotopic (exact) mass is 637 g/mol. The molecule has 0 bridgehead atoms. The molecule has 4 rings (SSSR count). The molecule has 1 saturated heterocycles. The molecule has 0 N–H and O–H groups in total. The van der Waals surface area contributed by atoms with E-state index >= 15 is 0 Å². The van der Waals surface area contributed by atoms with E-state index in [2.05, 4.69) is 103 Å². The van der Waals surface area contributed by atoms with E-state index < -0.39 is 0 Å². The summed E-state index contributed by atoms with van der Waals surface area (Å²) in [5.41, 5.74) is 8.14. The third-order valence-corrected chi connectivity index (χ3v) is 8.09. The van der Waals surface area contributed by atoms with E-state index in [1.165, 1.54) is 28.3 Å². The Hall–Kier alpha value is -2.67. The summed E-state index contributed by atoms with van der Waals surface area (Å²) in [6, 6.07) is 6.32. The minimum absolute atomic E-state index is 0. The highest BCUT2D eigenvalue weighted by Crippen LogP contribution is 2.21. The molecule has 0 unspecified atom stereocenters. The molecule has 46 heavy (non-hydrogen) atoms. The van der Waals surface area contributed by atoms with E-state index in [9.17, 15) is 4.79 Å². The Balaban J connectivity index is 0.000000352. The number of carbonyl (C=O) groups is 1. The lowest BCUT2D eigenvalue weighted by atomic mass is 9.87. The average Bonchev–Trinajstić information content (AvgIpc) is 3.26. The predicted octanol–water partition coefficient (Wildman–Crippen LogP) is 8.74. The minimum atomic E-state index is 0. The highest BCUT2D eigenvalue weighted by Gasteiger charge is 2.24. The summed E-state index contributed by atoms with van der Waals surface area (Å²) in [5.74, 6) is 3.57. The number of rotatable bonds is 10. The fourth-order valence-electron chi connectivity index (χ4n) is 5.70. The summed E-state index contributed by atoms with van der Waals surface area (Å²) < 4.78 is 1.91. The van der Waals surface area contributed by atoms with Crippen LogP contribution in [-0.4, -0.2) is 55.8 Å². The molecule has 1 aliphatic heterocycles. The van der Waals surface area contributed by atoms with Gasteiger partial charge in [0.2, 0.25) is 0 Å². The third kappa shape index (κ3) is 14.0. The number of fused-ring (bicyclic) bond motifs is 1. The first-order chi connectivity index (χ1) is 21.1. The normalized spacial score (nSPS) is 14.0. The molecule has 0 spiro atoms. The Bertz CT molecular complexity index is 1320. The molecule has 7 nitrogen and oxygen atoms in total. The summed E-state index contributed by atoms with van der Waals surface area (Å²) in [5, 5.41) is 8.31. The molecule has 0 radical (unpaired) electrons. The number of aryl methyl sites for hydroxylation is 2. The zero-order chi connectivity index (χ0) is 33.8. The van der Waals surface area contributed by atoms with Crippen molar-refractivity contribution < 1.29 is 4.79 Å². The summed E-state index contributed by atoms with van der Waals surface area (Å²) in [4.78, 5) is 23.6. The number of ketones is 1. The number of benzene rings is 1. The number of nitrogens with zero attached hydrogens (tertiary/aromatic N) is 6. The topological polar surface area (TPSA) is 76.8 Å². The highest BCUT2D eigenvalue weighted by molar-refractivity contribution is 5.82. The number of piperidine rings is 1. The first-order valence-electron chi connectivity index (χ1n) is 17.4. The molecule has 0 aliphatic carbocycles. The van der Waals surface area contributed by atoms with Crippen molar-refractivity contribution in [2.45, 2.75) is 122 Å². The lowest BCUT2D eigenvalue weighted by molar-refractivity contribution is -0.127. The van der Waals surface area contributed by atoms with Crippen molar-refractivity contribution in [3.05, 3.63) is 46.5 Å². The first-order valence-corrected chi connectivity index (χ1v) is 17.4. The number of carbonyl (C=O) groups excluding carboxylic acids is 1. The molecule has 0 amide bonds. The van der Waals surface area contributed by atoms with Crippen molar-refractivity contribution >= 4 is 16.8 Å². The van der Waals surface area contributed by atoms with Gasteiger partial charge < -0.3 is 4.90 Å². The molecule has 1 aliphatic rings. The maximum atomic E-state index is 11.6. The molecule has 1 fully saturated rings. The maximum Gasteiger partial charge on any atom is 0.138 e. The van der Waals surface area contributed by atoms with Crippen LogP contribution in [-0.2, 0) is 37.5 Å². The standard InChI is InChI=1S/C17H24N2.C11H21N3.C10H19NO.CH4/c1-11(2)8-15-16(9-12(3)4)19-17-10-13(5)6-7-14(17)18-15;1-8(2)6-10-11(7-9(3)4)14(5)13-12-10;1-8(2)10(12)9-4-6-11(3)7-5-9;/h6-7,10-12H,8-9H2,1-5H3;8-9H,6-7H2,1-5H3;8-9H,4-7H2,1-3H3;1H4. The molecule has 2 aromatic heterocycles. The highest BCUT2D eigenvalue weighted by atomic mass is 16.1. The Morgan fingerprint density at radius 3 is 1.70 bits per heavy atom. The Morgan fingerprint density at radius 2 is 1.22 bits per heavy atom. The van der Waals surface area contributed by atoms with Crippen LogP contribution < -0.4 is 0 Å². The lowest BCUT2D eigenvalue weighted by Crippen LogP contribution is -2.34. The van der Waals surface area contributed by atoms with Crippen LogP contribution in [0.2, 0.25) is 0 Å². The zero-order valence-electron chi connectivity index (χ0n) is 30.9. The Morgan fingerprint density at radius 1 is 0.739 bits per heavy atom. The van der Waals surface area contributed by atoms with E-state index in [1.54, 1.807) is 0 Å². The first kappa shape index (κ1) is 41.4. The largest absolute Gasteiger partial charge is 0.306 e. The van der Waals surface area contributed by atoms with Gasteiger partial charge in [-0.3, -0.25) is 9.48 Å². The van der Waals surface area contributed by atoms with Crippen molar-refractivity contribution in [1.82, 2.24) is 29.9 Å². The molecular formula is C39H68N6O. The van der Waals surface area contributed by atoms with Gasteiger partial charge in [0, 0.05) is 18.9 Å². The molecular weight excluding hydrogens is 568 g/mol. The molecule has 3 aromatic rings. The van der Waals surface area contributed by atoms with Crippen molar-refractivity contribution in [3.63, 3.8) is 0 Å². The van der Waals surface area contributed by atoms with Gasteiger partial charge in [0.1, 0.15) is 5.78 Å². The molecule has 260 valence electrons. The molecule has 0 saturated carbocycles. The number of hydrogen-bond donors (Lipinski definition) is 0. The van der Waals surface area contributed by atoms with E-state index in [-0.39, 0.29) is 13.3 Å². The second-order valence-electron chi connectivity index (χ2n) is 15.2. The number of aromatic nitrogens is 5. The van der Waals surface area contributed by atoms with Gasteiger partial charge in [-0.25, -0.2) is 9.97 Å². The zero-order valence-corrected chi connectivity index (χ0v) is 30.9. The predicted molar refractivity (Wildman–Crippen MR) is 196 cm³/mol. The molecule has 0 atom stereocenters. The Labute approximate surface area is 282 Å². The number of hydrogen-bond acceptors (Lipinski definition) is 6. The van der Waals surface area contributed by atoms with Gasteiger partial charge in [-0.2, -0.15) is 0 Å². The number of Topliss-reactive ketones (excluding diaryl/α,β-unsaturated/α-hetero) is 1. The second kappa shape index (κ2) is 19.9. The summed E-state index contributed by atoms with van der Waals surface area (Å²) in [6.45, 7) is 26.1. The van der Waals surface area contributed by atoms with E-state index in [1.807, 2.05) is 25.6 Å². The second-order valence-corrected chi connectivity index (χ2v) is 15.2. The smallest absolute Gasteiger partial charge is 0.138 e. The van der Waals surface area contributed by atoms with E-state index in [0.717, 1.165) is 62.6 Å². The van der Waals surface area contributed by atoms with Crippen LogP contribution in [0.3, 0.4) is 0 Å². The average molecular weight is 637 g/mol. The van der Waals surface area contributed by atoms with Gasteiger partial charge in [-0.1, -0.05) is 87.9 Å². The summed E-state index contributed by atoms with van der Waals surface area (Å²) in [7, 11) is 4.10. The van der Waals surface area contributed by atoms with Crippen LogP contribution in [0, 0.1) is 42.4 Å². The minimum Gasteiger partial charge on any atom is -0.306 e. The van der Waals surface area contributed by atoms with Gasteiger partial charge in [-0.15, -0.1) is 5.10 Å². The van der Waals surface area contributed by atoms with Crippen LogP contribution in [0.5, 0.6) is 0 Å². The van der Waals surface area contributed by atoms with E-state index in [4.69, 9.17) is 9.97 Å². The van der Waals surface area contributed by atoms with E-state index in [0.29, 0.717) is 35.4 Å². The van der Waals surface area contributed by atoms with Crippen LogP contribution in [0.25, 0.3) is 11.0 Å². The fraction of sp³-hybridized carbons (Fsp3) is 0.718. The van der Waals surface area contributed by atoms with Gasteiger partial charge in [-0.05, 0) is 107 Å². The van der Waals surface area contributed by atoms with Gasteiger partial charge in [0.05, 0.1) is 33.8 Å².